The van der Waals surface area contributed by atoms with Gasteiger partial charge in [-0.25, -0.2) is 13.6 Å². The summed E-state index contributed by atoms with van der Waals surface area (Å²) in [5.41, 5.74) is -0.0915. The van der Waals surface area contributed by atoms with Crippen LogP contribution < -0.4 is 5.32 Å². The molecule has 1 aromatic carbocycles. The maximum atomic E-state index is 13.3. The van der Waals surface area contributed by atoms with Gasteiger partial charge in [0.25, 0.3) is 0 Å². The van der Waals surface area contributed by atoms with Gasteiger partial charge in [0, 0.05) is 13.3 Å². The van der Waals surface area contributed by atoms with Crippen molar-refractivity contribution < 1.29 is 23.5 Å². The number of carboxylic acids is 1. The Kier molecular flexibility index (Phi) is 4.14. The van der Waals surface area contributed by atoms with Gasteiger partial charge in [-0.3, -0.25) is 4.79 Å². The van der Waals surface area contributed by atoms with E-state index in [4.69, 9.17) is 5.11 Å². The normalized spacial score (nSPS) is 11.9. The van der Waals surface area contributed by atoms with Crippen LogP contribution in [0.4, 0.5) is 8.78 Å². The quantitative estimate of drug-likeness (QED) is 0.832. The number of rotatable bonds is 4. The number of amides is 1. The molecule has 0 aliphatic heterocycles. The van der Waals surface area contributed by atoms with E-state index in [1.165, 1.54) is 0 Å². The van der Waals surface area contributed by atoms with E-state index >= 15 is 0 Å². The number of benzene rings is 1. The van der Waals surface area contributed by atoms with Gasteiger partial charge in [-0.15, -0.1) is 0 Å². The van der Waals surface area contributed by atoms with Gasteiger partial charge in [-0.2, -0.15) is 0 Å². The minimum Gasteiger partial charge on any atom is -0.480 e. The zero-order valence-corrected chi connectivity index (χ0v) is 9.04. The lowest BCUT2D eigenvalue weighted by Crippen LogP contribution is -2.41. The lowest BCUT2D eigenvalue weighted by molar-refractivity contribution is -0.141. The molecule has 0 heterocycles. The van der Waals surface area contributed by atoms with Crippen molar-refractivity contribution in [2.75, 3.05) is 0 Å². The van der Waals surface area contributed by atoms with Gasteiger partial charge < -0.3 is 10.4 Å². The predicted octanol–water partition coefficient (Wildman–Crippen LogP) is 1.10. The number of halogens is 2. The van der Waals surface area contributed by atoms with Crippen LogP contribution in [0.2, 0.25) is 0 Å². The topological polar surface area (TPSA) is 66.4 Å². The van der Waals surface area contributed by atoms with Crippen LogP contribution in [-0.4, -0.2) is 23.0 Å². The maximum Gasteiger partial charge on any atom is 0.326 e. The van der Waals surface area contributed by atoms with Crippen LogP contribution in [0, 0.1) is 11.6 Å². The number of nitrogens with one attached hydrogen (secondary N) is 1. The largest absolute Gasteiger partial charge is 0.480 e. The number of carbonyl (C=O) groups excluding carboxylic acids is 1. The Morgan fingerprint density at radius 2 is 2.06 bits per heavy atom. The van der Waals surface area contributed by atoms with Crippen LogP contribution in [0.3, 0.4) is 0 Å². The predicted molar refractivity (Wildman–Crippen MR) is 55.3 cm³/mol. The second-order valence-corrected chi connectivity index (χ2v) is 3.53. The SMILES string of the molecule is CC(=O)N[C@@H](Cc1cc(F)ccc1F)C(=O)O. The molecule has 92 valence electrons. The van der Waals surface area contributed by atoms with Crippen molar-refractivity contribution in [3.63, 3.8) is 0 Å². The van der Waals surface area contributed by atoms with E-state index < -0.39 is 29.6 Å². The Morgan fingerprint density at radius 3 is 2.59 bits per heavy atom. The van der Waals surface area contributed by atoms with E-state index in [-0.39, 0.29) is 12.0 Å². The van der Waals surface area contributed by atoms with Crippen molar-refractivity contribution >= 4 is 11.9 Å². The van der Waals surface area contributed by atoms with E-state index in [1.807, 2.05) is 0 Å². The molecule has 0 aliphatic carbocycles. The monoisotopic (exact) mass is 243 g/mol. The summed E-state index contributed by atoms with van der Waals surface area (Å²) in [7, 11) is 0. The fourth-order valence-electron chi connectivity index (χ4n) is 1.37. The highest BCUT2D eigenvalue weighted by atomic mass is 19.1. The summed E-state index contributed by atoms with van der Waals surface area (Å²) in [6.07, 6.45) is -0.307. The summed E-state index contributed by atoms with van der Waals surface area (Å²) in [4.78, 5) is 21.6. The third kappa shape index (κ3) is 3.82. The first-order valence-corrected chi connectivity index (χ1v) is 4.84. The van der Waals surface area contributed by atoms with Gasteiger partial charge in [-0.05, 0) is 23.8 Å². The van der Waals surface area contributed by atoms with Crippen molar-refractivity contribution in [2.24, 2.45) is 0 Å². The van der Waals surface area contributed by atoms with Crippen molar-refractivity contribution in [3.05, 3.63) is 35.4 Å². The summed E-state index contributed by atoms with van der Waals surface area (Å²) >= 11 is 0. The smallest absolute Gasteiger partial charge is 0.326 e. The Morgan fingerprint density at radius 1 is 1.41 bits per heavy atom. The second-order valence-electron chi connectivity index (χ2n) is 3.53. The van der Waals surface area contributed by atoms with Crippen molar-refractivity contribution in [1.29, 1.82) is 0 Å². The molecule has 1 aromatic rings. The third-order valence-corrected chi connectivity index (χ3v) is 2.11. The summed E-state index contributed by atoms with van der Waals surface area (Å²) in [5, 5.41) is 11.0. The van der Waals surface area contributed by atoms with Crippen molar-refractivity contribution in [3.8, 4) is 0 Å². The highest BCUT2D eigenvalue weighted by molar-refractivity contribution is 5.82. The summed E-state index contributed by atoms with van der Waals surface area (Å²) < 4.78 is 26.1. The van der Waals surface area contributed by atoms with Crippen LogP contribution in [0.5, 0.6) is 0 Å². The molecule has 1 atom stereocenters. The molecule has 4 nitrogen and oxygen atoms in total. The number of carbonyl (C=O) groups is 2. The molecule has 0 saturated carbocycles. The molecule has 0 aliphatic rings. The summed E-state index contributed by atoms with van der Waals surface area (Å²) in [6.45, 7) is 1.15. The van der Waals surface area contributed by atoms with E-state index in [0.717, 1.165) is 25.1 Å². The minimum atomic E-state index is -1.30. The number of hydrogen-bond donors (Lipinski definition) is 2. The zero-order chi connectivity index (χ0) is 13.0. The van der Waals surface area contributed by atoms with Crippen LogP contribution >= 0.6 is 0 Å². The fraction of sp³-hybridized carbons (Fsp3) is 0.273. The first-order valence-electron chi connectivity index (χ1n) is 4.84. The molecular weight excluding hydrogens is 232 g/mol. The molecule has 0 spiro atoms. The highest BCUT2D eigenvalue weighted by Crippen LogP contribution is 2.12. The molecule has 1 amide bonds. The highest BCUT2D eigenvalue weighted by Gasteiger charge is 2.20. The van der Waals surface area contributed by atoms with E-state index in [0.29, 0.717) is 0 Å². The average molecular weight is 243 g/mol. The molecular formula is C11H11F2NO3. The van der Waals surface area contributed by atoms with E-state index in [1.54, 1.807) is 0 Å². The first kappa shape index (κ1) is 13.1. The molecule has 17 heavy (non-hydrogen) atoms. The van der Waals surface area contributed by atoms with Crippen LogP contribution in [0.15, 0.2) is 18.2 Å². The number of aliphatic carboxylic acids is 1. The van der Waals surface area contributed by atoms with Crippen LogP contribution in [0.25, 0.3) is 0 Å². The van der Waals surface area contributed by atoms with E-state index in [9.17, 15) is 18.4 Å². The average Bonchev–Trinajstić information content (AvgIpc) is 2.21. The number of carboxylic acid groups (broad SMARTS) is 1. The lowest BCUT2D eigenvalue weighted by Gasteiger charge is -2.13. The number of hydrogen-bond acceptors (Lipinski definition) is 2. The molecule has 0 unspecified atom stereocenters. The Balaban J connectivity index is 2.89. The molecule has 1 rings (SSSR count). The maximum absolute atomic E-state index is 13.3. The van der Waals surface area contributed by atoms with Gasteiger partial charge in [0.15, 0.2) is 0 Å². The van der Waals surface area contributed by atoms with Crippen LogP contribution in [0.1, 0.15) is 12.5 Å². The summed E-state index contributed by atoms with van der Waals surface area (Å²) in [5.74, 6) is -3.21. The van der Waals surface area contributed by atoms with Crippen LogP contribution in [-0.2, 0) is 16.0 Å². The first-order chi connectivity index (χ1) is 7.90. The van der Waals surface area contributed by atoms with Gasteiger partial charge in [0.1, 0.15) is 17.7 Å². The van der Waals surface area contributed by atoms with Gasteiger partial charge in [0.05, 0.1) is 0 Å². The van der Waals surface area contributed by atoms with Gasteiger partial charge in [-0.1, -0.05) is 0 Å². The molecule has 0 fully saturated rings. The zero-order valence-electron chi connectivity index (χ0n) is 9.04. The molecule has 0 bridgehead atoms. The Hall–Kier alpha value is -1.98. The molecule has 0 aromatic heterocycles. The Labute approximate surface area is 96.3 Å². The third-order valence-electron chi connectivity index (χ3n) is 2.11. The summed E-state index contributed by atoms with van der Waals surface area (Å²) in [6, 6.07) is 1.49. The fourth-order valence-corrected chi connectivity index (χ4v) is 1.37. The standard InChI is InChI=1S/C11H11F2NO3/c1-6(15)14-10(11(16)17)5-7-4-8(12)2-3-9(7)13/h2-4,10H,5H2,1H3,(H,14,15)(H,16,17)/t10-/m0/s1. The molecule has 2 N–H and O–H groups in total. The molecule has 0 saturated heterocycles. The minimum absolute atomic E-state index is 0.0915. The van der Waals surface area contributed by atoms with Gasteiger partial charge >= 0.3 is 5.97 Å². The molecule has 6 heteroatoms. The Bertz CT molecular complexity index is 448. The van der Waals surface area contributed by atoms with Crippen molar-refractivity contribution in [2.45, 2.75) is 19.4 Å². The van der Waals surface area contributed by atoms with Crippen molar-refractivity contribution in [1.82, 2.24) is 5.32 Å². The lowest BCUT2D eigenvalue weighted by atomic mass is 10.1. The van der Waals surface area contributed by atoms with E-state index in [2.05, 4.69) is 5.32 Å². The molecule has 0 radical (unpaired) electrons. The second kappa shape index (κ2) is 5.38. The van der Waals surface area contributed by atoms with Gasteiger partial charge in [0.2, 0.25) is 5.91 Å².